The molecule has 0 heterocycles. The molecule has 2 nitrogen and oxygen atoms in total. The fourth-order valence-corrected chi connectivity index (χ4v) is 1.53. The highest BCUT2D eigenvalue weighted by Crippen LogP contribution is 2.16. The molecule has 2 heteroatoms. The first-order valence-electron chi connectivity index (χ1n) is 5.08. The number of hydrogen-bond acceptors (Lipinski definition) is 2. The summed E-state index contributed by atoms with van der Waals surface area (Å²) in [4.78, 5) is 0. The van der Waals surface area contributed by atoms with E-state index in [1.807, 2.05) is 6.21 Å². The van der Waals surface area contributed by atoms with Crippen molar-refractivity contribution in [2.24, 2.45) is 11.0 Å². The minimum Gasteiger partial charge on any atom is -0.307 e. The molecule has 70 valence electrons. The summed E-state index contributed by atoms with van der Waals surface area (Å²) in [6, 6.07) is 0.647. The van der Waals surface area contributed by atoms with Gasteiger partial charge >= 0.3 is 0 Å². The summed E-state index contributed by atoms with van der Waals surface area (Å²) in [6.45, 7) is 4.29. The summed E-state index contributed by atoms with van der Waals surface area (Å²) < 4.78 is 0. The lowest BCUT2D eigenvalue weighted by Crippen LogP contribution is -2.26. The molecule has 0 aliphatic heterocycles. The molecule has 12 heavy (non-hydrogen) atoms. The predicted octanol–water partition coefficient (Wildman–Crippen LogP) is 2.55. The maximum absolute atomic E-state index is 4.22. The average molecular weight is 168 g/mol. The molecule has 1 rings (SSSR count). The summed E-state index contributed by atoms with van der Waals surface area (Å²) in [5, 5.41) is 4.22. The van der Waals surface area contributed by atoms with E-state index in [0.29, 0.717) is 12.0 Å². The van der Waals surface area contributed by atoms with E-state index in [9.17, 15) is 0 Å². The Morgan fingerprint density at radius 3 is 2.50 bits per heavy atom. The average Bonchev–Trinajstić information content (AvgIpc) is 2.05. The SMILES string of the molecule is CC(C)/C=N\NC1CCCCC1. The van der Waals surface area contributed by atoms with Crippen molar-refractivity contribution in [3.63, 3.8) is 0 Å². The maximum atomic E-state index is 4.22. The molecule has 0 aromatic heterocycles. The second kappa shape index (κ2) is 5.18. The van der Waals surface area contributed by atoms with Crippen LogP contribution in [0.4, 0.5) is 0 Å². The lowest BCUT2D eigenvalue weighted by atomic mass is 9.96. The normalized spacial score (nSPS) is 20.6. The van der Waals surface area contributed by atoms with Crippen LogP contribution in [0.2, 0.25) is 0 Å². The van der Waals surface area contributed by atoms with Crippen molar-refractivity contribution in [2.45, 2.75) is 52.0 Å². The molecular weight excluding hydrogens is 148 g/mol. The number of rotatable bonds is 3. The first-order valence-corrected chi connectivity index (χ1v) is 5.08. The lowest BCUT2D eigenvalue weighted by Gasteiger charge is -2.20. The highest BCUT2D eigenvalue weighted by atomic mass is 15.3. The highest BCUT2D eigenvalue weighted by Gasteiger charge is 2.11. The van der Waals surface area contributed by atoms with Crippen LogP contribution >= 0.6 is 0 Å². The topological polar surface area (TPSA) is 24.4 Å². The van der Waals surface area contributed by atoms with Crippen LogP contribution in [0.1, 0.15) is 46.0 Å². The van der Waals surface area contributed by atoms with Crippen molar-refractivity contribution < 1.29 is 0 Å². The molecule has 1 aliphatic carbocycles. The minimum absolute atomic E-state index is 0.557. The van der Waals surface area contributed by atoms with Gasteiger partial charge in [0, 0.05) is 12.3 Å². The summed E-state index contributed by atoms with van der Waals surface area (Å²) in [5.74, 6) is 0.557. The third-order valence-electron chi connectivity index (χ3n) is 2.23. The molecule has 1 fully saturated rings. The largest absolute Gasteiger partial charge is 0.307 e. The van der Waals surface area contributed by atoms with Gasteiger partial charge in [-0.15, -0.1) is 0 Å². The van der Waals surface area contributed by atoms with Crippen LogP contribution in [-0.2, 0) is 0 Å². The molecule has 0 saturated heterocycles. The van der Waals surface area contributed by atoms with Crippen molar-refractivity contribution in [1.82, 2.24) is 5.43 Å². The standard InChI is InChI=1S/C10H20N2/c1-9(2)8-11-12-10-6-4-3-5-7-10/h8-10,12H,3-7H2,1-2H3/b11-8-. The van der Waals surface area contributed by atoms with E-state index in [1.54, 1.807) is 0 Å². The van der Waals surface area contributed by atoms with E-state index in [1.165, 1.54) is 32.1 Å². The second-order valence-electron chi connectivity index (χ2n) is 3.99. The van der Waals surface area contributed by atoms with Crippen molar-refractivity contribution in [3.05, 3.63) is 0 Å². The highest BCUT2D eigenvalue weighted by molar-refractivity contribution is 5.59. The first-order chi connectivity index (χ1) is 5.79. The van der Waals surface area contributed by atoms with Crippen LogP contribution in [0.15, 0.2) is 5.10 Å². The summed E-state index contributed by atoms with van der Waals surface area (Å²) >= 11 is 0. The molecule has 0 aromatic rings. The second-order valence-corrected chi connectivity index (χ2v) is 3.99. The van der Waals surface area contributed by atoms with Gasteiger partial charge in [-0.3, -0.25) is 0 Å². The Bertz CT molecular complexity index is 135. The zero-order valence-corrected chi connectivity index (χ0v) is 8.21. The molecule has 0 unspecified atom stereocenters. The van der Waals surface area contributed by atoms with E-state index in [0.717, 1.165) is 0 Å². The van der Waals surface area contributed by atoms with Gasteiger partial charge in [0.05, 0.1) is 0 Å². The summed E-state index contributed by atoms with van der Waals surface area (Å²) in [5.41, 5.74) is 3.22. The van der Waals surface area contributed by atoms with Crippen molar-refractivity contribution in [2.75, 3.05) is 0 Å². The van der Waals surface area contributed by atoms with Crippen LogP contribution in [0.3, 0.4) is 0 Å². The Kier molecular flexibility index (Phi) is 4.12. The van der Waals surface area contributed by atoms with Gasteiger partial charge in [-0.05, 0) is 18.8 Å². The van der Waals surface area contributed by atoms with E-state index in [4.69, 9.17) is 0 Å². The van der Waals surface area contributed by atoms with Gasteiger partial charge in [0.2, 0.25) is 0 Å². The number of nitrogens with one attached hydrogen (secondary N) is 1. The van der Waals surface area contributed by atoms with E-state index in [2.05, 4.69) is 24.4 Å². The molecule has 0 atom stereocenters. The lowest BCUT2D eigenvalue weighted by molar-refractivity contribution is 0.380. The molecule has 0 spiro atoms. The van der Waals surface area contributed by atoms with Crippen LogP contribution in [0.25, 0.3) is 0 Å². The van der Waals surface area contributed by atoms with E-state index >= 15 is 0 Å². The van der Waals surface area contributed by atoms with Gasteiger partial charge in [-0.2, -0.15) is 5.10 Å². The molecule has 0 aromatic carbocycles. The van der Waals surface area contributed by atoms with E-state index < -0.39 is 0 Å². The van der Waals surface area contributed by atoms with Crippen LogP contribution < -0.4 is 5.43 Å². The Morgan fingerprint density at radius 1 is 1.25 bits per heavy atom. The Hall–Kier alpha value is -0.530. The Labute approximate surface area is 75.4 Å². The Morgan fingerprint density at radius 2 is 1.92 bits per heavy atom. The maximum Gasteiger partial charge on any atom is 0.0440 e. The van der Waals surface area contributed by atoms with Gasteiger partial charge < -0.3 is 5.43 Å². The van der Waals surface area contributed by atoms with Crippen LogP contribution in [-0.4, -0.2) is 12.3 Å². The van der Waals surface area contributed by atoms with Gasteiger partial charge in [-0.25, -0.2) is 0 Å². The minimum atomic E-state index is 0.557. The molecule has 0 amide bonds. The molecular formula is C10H20N2. The van der Waals surface area contributed by atoms with Gasteiger partial charge in [-0.1, -0.05) is 33.1 Å². The van der Waals surface area contributed by atoms with Gasteiger partial charge in [0.25, 0.3) is 0 Å². The van der Waals surface area contributed by atoms with Crippen LogP contribution in [0, 0.1) is 5.92 Å². The molecule has 0 bridgehead atoms. The van der Waals surface area contributed by atoms with Gasteiger partial charge in [0.1, 0.15) is 0 Å². The number of hydrogen-bond donors (Lipinski definition) is 1. The molecule has 0 radical (unpaired) electrons. The first kappa shape index (κ1) is 9.56. The number of hydrazone groups is 1. The third-order valence-corrected chi connectivity index (χ3v) is 2.23. The van der Waals surface area contributed by atoms with Crippen molar-refractivity contribution >= 4 is 6.21 Å². The molecule has 1 aliphatic rings. The summed E-state index contributed by atoms with van der Waals surface area (Å²) in [7, 11) is 0. The van der Waals surface area contributed by atoms with Gasteiger partial charge in [0.15, 0.2) is 0 Å². The monoisotopic (exact) mass is 168 g/mol. The smallest absolute Gasteiger partial charge is 0.0440 e. The predicted molar refractivity (Wildman–Crippen MR) is 53.3 cm³/mol. The van der Waals surface area contributed by atoms with Crippen LogP contribution in [0.5, 0.6) is 0 Å². The zero-order valence-electron chi connectivity index (χ0n) is 8.21. The molecule has 1 saturated carbocycles. The number of nitrogens with zero attached hydrogens (tertiary/aromatic N) is 1. The third kappa shape index (κ3) is 3.74. The fourth-order valence-electron chi connectivity index (χ4n) is 1.53. The summed E-state index contributed by atoms with van der Waals surface area (Å²) in [6.07, 6.45) is 8.73. The van der Waals surface area contributed by atoms with E-state index in [-0.39, 0.29) is 0 Å². The Balaban J connectivity index is 2.12. The fraction of sp³-hybridized carbons (Fsp3) is 0.900. The van der Waals surface area contributed by atoms with Crippen molar-refractivity contribution in [3.8, 4) is 0 Å². The quantitative estimate of drug-likeness (QED) is 0.508. The van der Waals surface area contributed by atoms with Crippen molar-refractivity contribution in [1.29, 1.82) is 0 Å². The molecule has 1 N–H and O–H groups in total. The zero-order chi connectivity index (χ0) is 8.81.